The summed E-state index contributed by atoms with van der Waals surface area (Å²) in [5, 5.41) is 0. The number of nitrogens with two attached hydrogens (primary N) is 1. The van der Waals surface area contributed by atoms with Crippen molar-refractivity contribution in [3.8, 4) is 0 Å². The molecule has 1 saturated heterocycles. The van der Waals surface area contributed by atoms with Crippen molar-refractivity contribution in [2.45, 2.75) is 57.0 Å². The van der Waals surface area contributed by atoms with Crippen LogP contribution in [0, 0.1) is 5.92 Å². The van der Waals surface area contributed by atoms with Crippen molar-refractivity contribution in [3.63, 3.8) is 0 Å². The van der Waals surface area contributed by atoms with E-state index in [9.17, 15) is 0 Å². The van der Waals surface area contributed by atoms with Crippen LogP contribution in [0.4, 0.5) is 0 Å². The maximum Gasteiger partial charge on any atom is 0.0246 e. The van der Waals surface area contributed by atoms with Crippen molar-refractivity contribution in [2.24, 2.45) is 11.7 Å². The zero-order chi connectivity index (χ0) is 9.97. The molecule has 1 saturated carbocycles. The molecule has 2 heteroatoms. The highest BCUT2D eigenvalue weighted by Crippen LogP contribution is 2.32. The van der Waals surface area contributed by atoms with E-state index in [0.717, 1.165) is 5.92 Å². The molecule has 2 nitrogen and oxygen atoms in total. The minimum atomic E-state index is 0.451. The van der Waals surface area contributed by atoms with Crippen LogP contribution < -0.4 is 5.73 Å². The summed E-state index contributed by atoms with van der Waals surface area (Å²) in [6.07, 6.45) is 9.65. The van der Waals surface area contributed by atoms with Gasteiger partial charge in [0.2, 0.25) is 0 Å². The lowest BCUT2D eigenvalue weighted by Crippen LogP contribution is -2.51. The third-order valence-electron chi connectivity index (χ3n) is 4.22. The minimum absolute atomic E-state index is 0.451. The Balaban J connectivity index is 1.91. The van der Waals surface area contributed by atoms with Crippen LogP contribution in [0.25, 0.3) is 0 Å². The topological polar surface area (TPSA) is 29.3 Å². The molecule has 0 amide bonds. The van der Waals surface area contributed by atoms with E-state index in [-0.39, 0.29) is 0 Å². The molecule has 1 heterocycles. The molecule has 2 unspecified atom stereocenters. The Kier molecular flexibility index (Phi) is 3.45. The molecule has 2 aliphatic rings. The third kappa shape index (κ3) is 2.12. The van der Waals surface area contributed by atoms with Crippen LogP contribution in [-0.2, 0) is 0 Å². The second kappa shape index (κ2) is 4.63. The zero-order valence-corrected chi connectivity index (χ0v) is 9.41. The van der Waals surface area contributed by atoms with Crippen LogP contribution in [0.2, 0.25) is 0 Å². The van der Waals surface area contributed by atoms with E-state index in [0.29, 0.717) is 12.1 Å². The summed E-state index contributed by atoms with van der Waals surface area (Å²) < 4.78 is 0. The largest absolute Gasteiger partial charge is 0.326 e. The van der Waals surface area contributed by atoms with Crippen molar-refractivity contribution >= 4 is 0 Å². The lowest BCUT2D eigenvalue weighted by molar-refractivity contribution is 0.141. The van der Waals surface area contributed by atoms with Gasteiger partial charge in [-0.05, 0) is 45.2 Å². The van der Waals surface area contributed by atoms with Gasteiger partial charge in [-0.15, -0.1) is 0 Å². The van der Waals surface area contributed by atoms with E-state index in [1.165, 1.54) is 51.5 Å². The number of likely N-dealkylation sites (N-methyl/N-ethyl adjacent to an activating group) is 1. The van der Waals surface area contributed by atoms with Crippen molar-refractivity contribution in [1.82, 2.24) is 4.90 Å². The first-order valence-electron chi connectivity index (χ1n) is 6.25. The number of rotatable bonds is 2. The normalized spacial score (nSPS) is 33.4. The molecule has 0 spiro atoms. The monoisotopic (exact) mass is 196 g/mol. The molecular weight excluding hydrogens is 172 g/mol. The van der Waals surface area contributed by atoms with E-state index in [1.807, 2.05) is 0 Å². The Morgan fingerprint density at radius 2 is 1.86 bits per heavy atom. The van der Waals surface area contributed by atoms with Gasteiger partial charge in [0, 0.05) is 12.1 Å². The maximum atomic E-state index is 6.37. The Bertz CT molecular complexity index is 177. The lowest BCUT2D eigenvalue weighted by atomic mass is 9.76. The van der Waals surface area contributed by atoms with Crippen molar-refractivity contribution in [3.05, 3.63) is 0 Å². The first-order chi connectivity index (χ1) is 6.79. The molecule has 0 aromatic carbocycles. The second-order valence-electron chi connectivity index (χ2n) is 5.17. The fourth-order valence-electron chi connectivity index (χ4n) is 2.90. The van der Waals surface area contributed by atoms with Crippen LogP contribution >= 0.6 is 0 Å². The smallest absolute Gasteiger partial charge is 0.0246 e. The first kappa shape index (κ1) is 10.4. The van der Waals surface area contributed by atoms with Crippen LogP contribution in [0.1, 0.15) is 44.9 Å². The van der Waals surface area contributed by atoms with Crippen molar-refractivity contribution < 1.29 is 0 Å². The summed E-state index contributed by atoms with van der Waals surface area (Å²) in [7, 11) is 2.26. The summed E-state index contributed by atoms with van der Waals surface area (Å²) in [5.74, 6) is 0.834. The molecule has 0 radical (unpaired) electrons. The van der Waals surface area contributed by atoms with Gasteiger partial charge in [-0.2, -0.15) is 0 Å². The highest BCUT2D eigenvalue weighted by Gasteiger charge is 2.32. The van der Waals surface area contributed by atoms with Gasteiger partial charge in [-0.3, -0.25) is 0 Å². The molecule has 0 bridgehead atoms. The van der Waals surface area contributed by atoms with Crippen LogP contribution in [-0.4, -0.2) is 30.6 Å². The predicted molar refractivity (Wildman–Crippen MR) is 60.2 cm³/mol. The summed E-state index contributed by atoms with van der Waals surface area (Å²) in [5.41, 5.74) is 6.37. The Morgan fingerprint density at radius 3 is 2.50 bits per heavy atom. The van der Waals surface area contributed by atoms with Gasteiger partial charge in [0.15, 0.2) is 0 Å². The molecule has 2 N–H and O–H groups in total. The van der Waals surface area contributed by atoms with E-state index in [1.54, 1.807) is 0 Å². The summed E-state index contributed by atoms with van der Waals surface area (Å²) in [6.45, 7) is 1.26. The molecule has 14 heavy (non-hydrogen) atoms. The number of nitrogens with zero attached hydrogens (tertiary/aromatic N) is 1. The van der Waals surface area contributed by atoms with Crippen LogP contribution in [0.5, 0.6) is 0 Å². The molecule has 82 valence electrons. The van der Waals surface area contributed by atoms with E-state index >= 15 is 0 Å². The molecule has 1 aliphatic heterocycles. The Hall–Kier alpha value is -0.0800. The fraction of sp³-hybridized carbons (Fsp3) is 1.00. The highest BCUT2D eigenvalue weighted by molar-refractivity contribution is 4.90. The average Bonchev–Trinajstić information content (AvgIpc) is 2.26. The van der Waals surface area contributed by atoms with Crippen molar-refractivity contribution in [1.29, 1.82) is 0 Å². The summed E-state index contributed by atoms with van der Waals surface area (Å²) in [4.78, 5) is 2.51. The zero-order valence-electron chi connectivity index (χ0n) is 9.41. The van der Waals surface area contributed by atoms with E-state index < -0.39 is 0 Å². The number of likely N-dealkylation sites (tertiary alicyclic amines) is 1. The predicted octanol–water partition coefficient (Wildman–Crippen LogP) is 1.99. The number of hydrogen-bond acceptors (Lipinski definition) is 2. The van der Waals surface area contributed by atoms with E-state index in [2.05, 4.69) is 11.9 Å². The third-order valence-corrected chi connectivity index (χ3v) is 4.22. The quantitative estimate of drug-likeness (QED) is 0.732. The lowest BCUT2D eigenvalue weighted by Gasteiger charge is -2.39. The molecule has 1 aliphatic carbocycles. The average molecular weight is 196 g/mol. The Morgan fingerprint density at radius 1 is 1.07 bits per heavy atom. The fourth-order valence-corrected chi connectivity index (χ4v) is 2.90. The molecular formula is C12H24N2. The standard InChI is InChI=1S/C12H24N2/c1-14-9-4-2-3-8-11(14)12(13)10-6-5-7-10/h10-12H,2-9,13H2,1H3. The van der Waals surface area contributed by atoms with Crippen LogP contribution in [0.15, 0.2) is 0 Å². The molecule has 2 fully saturated rings. The maximum absolute atomic E-state index is 6.37. The molecule has 0 aromatic heterocycles. The van der Waals surface area contributed by atoms with Crippen molar-refractivity contribution in [2.75, 3.05) is 13.6 Å². The van der Waals surface area contributed by atoms with Gasteiger partial charge in [0.1, 0.15) is 0 Å². The van der Waals surface area contributed by atoms with Crippen LogP contribution in [0.3, 0.4) is 0 Å². The second-order valence-corrected chi connectivity index (χ2v) is 5.17. The summed E-state index contributed by atoms with van der Waals surface area (Å²) in [6, 6.07) is 1.12. The van der Waals surface area contributed by atoms with Gasteiger partial charge in [0.05, 0.1) is 0 Å². The van der Waals surface area contributed by atoms with Gasteiger partial charge >= 0.3 is 0 Å². The van der Waals surface area contributed by atoms with Gasteiger partial charge in [0.25, 0.3) is 0 Å². The van der Waals surface area contributed by atoms with Gasteiger partial charge < -0.3 is 10.6 Å². The highest BCUT2D eigenvalue weighted by atomic mass is 15.1. The molecule has 2 rings (SSSR count). The summed E-state index contributed by atoms with van der Waals surface area (Å²) >= 11 is 0. The molecule has 2 atom stereocenters. The minimum Gasteiger partial charge on any atom is -0.326 e. The van der Waals surface area contributed by atoms with E-state index in [4.69, 9.17) is 5.73 Å². The first-order valence-corrected chi connectivity index (χ1v) is 6.25. The van der Waals surface area contributed by atoms with Gasteiger partial charge in [-0.1, -0.05) is 19.3 Å². The van der Waals surface area contributed by atoms with Gasteiger partial charge in [-0.25, -0.2) is 0 Å². The Labute approximate surface area is 87.8 Å². The SMILES string of the molecule is CN1CCCCCC1C(N)C1CCC1. The number of hydrogen-bond donors (Lipinski definition) is 1. The molecule has 0 aromatic rings.